The van der Waals surface area contributed by atoms with Crippen LogP contribution in [0.25, 0.3) is 0 Å². The quantitative estimate of drug-likeness (QED) is 0.763. The van der Waals surface area contributed by atoms with Crippen LogP contribution in [0.2, 0.25) is 0 Å². The summed E-state index contributed by atoms with van der Waals surface area (Å²) < 4.78 is 0. The standard InChI is InChI=1S/C15H13NO/c1-3-7-12(8-4-1)14-11-16-17-15(14)13-9-5-2-6-10-13/h1-11,14-15H. The molecule has 0 saturated carbocycles. The number of benzene rings is 2. The molecule has 1 heterocycles. The summed E-state index contributed by atoms with van der Waals surface area (Å²) in [7, 11) is 0. The maximum absolute atomic E-state index is 5.48. The van der Waals surface area contributed by atoms with Crippen molar-refractivity contribution < 1.29 is 4.84 Å². The Labute approximate surface area is 101 Å². The van der Waals surface area contributed by atoms with Crippen molar-refractivity contribution in [2.75, 3.05) is 0 Å². The molecule has 0 fully saturated rings. The van der Waals surface area contributed by atoms with Crippen LogP contribution in [0, 0.1) is 0 Å². The lowest BCUT2D eigenvalue weighted by Crippen LogP contribution is -2.08. The fourth-order valence-electron chi connectivity index (χ4n) is 2.16. The first-order valence-electron chi connectivity index (χ1n) is 5.74. The van der Waals surface area contributed by atoms with Crippen molar-refractivity contribution >= 4 is 6.21 Å². The van der Waals surface area contributed by atoms with Gasteiger partial charge < -0.3 is 4.84 Å². The van der Waals surface area contributed by atoms with Crippen molar-refractivity contribution in [1.82, 2.24) is 0 Å². The second kappa shape index (κ2) is 4.42. The summed E-state index contributed by atoms with van der Waals surface area (Å²) in [6.45, 7) is 0. The van der Waals surface area contributed by atoms with Crippen molar-refractivity contribution in [2.45, 2.75) is 12.0 Å². The Morgan fingerprint density at radius 2 is 1.35 bits per heavy atom. The molecule has 2 atom stereocenters. The molecule has 0 amide bonds. The predicted octanol–water partition coefficient (Wildman–Crippen LogP) is 3.53. The SMILES string of the molecule is C1=NOC(c2ccccc2)C1c1ccccc1. The average molecular weight is 223 g/mol. The summed E-state index contributed by atoms with van der Waals surface area (Å²) in [4.78, 5) is 5.48. The van der Waals surface area contributed by atoms with Gasteiger partial charge in [-0.15, -0.1) is 0 Å². The molecule has 17 heavy (non-hydrogen) atoms. The highest BCUT2D eigenvalue weighted by molar-refractivity contribution is 5.70. The third-order valence-electron chi connectivity index (χ3n) is 3.03. The molecule has 0 aliphatic carbocycles. The lowest BCUT2D eigenvalue weighted by atomic mass is 9.91. The van der Waals surface area contributed by atoms with Crippen LogP contribution in [0.1, 0.15) is 23.1 Å². The number of hydrogen-bond acceptors (Lipinski definition) is 2. The van der Waals surface area contributed by atoms with Gasteiger partial charge in [0.15, 0.2) is 6.10 Å². The van der Waals surface area contributed by atoms with Crippen molar-refractivity contribution in [2.24, 2.45) is 5.16 Å². The number of nitrogens with zero attached hydrogens (tertiary/aromatic N) is 1. The van der Waals surface area contributed by atoms with Gasteiger partial charge in [0.2, 0.25) is 0 Å². The number of rotatable bonds is 2. The third kappa shape index (κ3) is 1.94. The smallest absolute Gasteiger partial charge is 0.164 e. The fraction of sp³-hybridized carbons (Fsp3) is 0.133. The summed E-state index contributed by atoms with van der Waals surface area (Å²) >= 11 is 0. The molecule has 1 aliphatic heterocycles. The normalized spacial score (nSPS) is 22.4. The Morgan fingerprint density at radius 3 is 2.00 bits per heavy atom. The van der Waals surface area contributed by atoms with Crippen LogP contribution in [-0.4, -0.2) is 6.21 Å². The molecule has 1 aliphatic rings. The maximum atomic E-state index is 5.48. The molecule has 0 radical (unpaired) electrons. The zero-order chi connectivity index (χ0) is 11.5. The summed E-state index contributed by atoms with van der Waals surface area (Å²) in [5, 5.41) is 3.97. The van der Waals surface area contributed by atoms with Crippen LogP contribution in [-0.2, 0) is 4.84 Å². The molecular formula is C15H13NO. The molecule has 2 aromatic rings. The van der Waals surface area contributed by atoms with E-state index >= 15 is 0 Å². The summed E-state index contributed by atoms with van der Waals surface area (Å²) in [6, 6.07) is 20.6. The largest absolute Gasteiger partial charge is 0.387 e. The summed E-state index contributed by atoms with van der Waals surface area (Å²) in [5.74, 6) is 0.207. The van der Waals surface area contributed by atoms with Gasteiger partial charge in [0, 0.05) is 0 Å². The maximum Gasteiger partial charge on any atom is 0.164 e. The zero-order valence-electron chi connectivity index (χ0n) is 9.36. The number of hydrogen-bond donors (Lipinski definition) is 0. The molecule has 2 unspecified atom stereocenters. The summed E-state index contributed by atoms with van der Waals surface area (Å²) in [5.41, 5.74) is 2.40. The van der Waals surface area contributed by atoms with Crippen LogP contribution in [0.3, 0.4) is 0 Å². The molecule has 84 valence electrons. The van der Waals surface area contributed by atoms with Gasteiger partial charge in [-0.3, -0.25) is 0 Å². The highest BCUT2D eigenvalue weighted by Gasteiger charge is 2.29. The lowest BCUT2D eigenvalue weighted by molar-refractivity contribution is 0.0763. The fourth-order valence-corrected chi connectivity index (χ4v) is 2.16. The second-order valence-electron chi connectivity index (χ2n) is 4.13. The molecule has 0 bridgehead atoms. The molecule has 2 aromatic carbocycles. The van der Waals surface area contributed by atoms with Gasteiger partial charge in [-0.2, -0.15) is 0 Å². The molecule has 0 saturated heterocycles. The second-order valence-corrected chi connectivity index (χ2v) is 4.13. The van der Waals surface area contributed by atoms with Gasteiger partial charge in [-0.25, -0.2) is 0 Å². The van der Waals surface area contributed by atoms with E-state index in [1.165, 1.54) is 11.1 Å². The first-order valence-corrected chi connectivity index (χ1v) is 5.74. The van der Waals surface area contributed by atoms with Gasteiger partial charge in [-0.05, 0) is 11.1 Å². The first-order chi connectivity index (χ1) is 8.45. The molecule has 2 heteroatoms. The van der Waals surface area contributed by atoms with Gasteiger partial charge in [0.1, 0.15) is 0 Å². The van der Waals surface area contributed by atoms with E-state index in [0.717, 1.165) is 0 Å². The van der Waals surface area contributed by atoms with Crippen LogP contribution in [0.4, 0.5) is 0 Å². The van der Waals surface area contributed by atoms with Crippen LogP contribution in [0.15, 0.2) is 65.8 Å². The monoisotopic (exact) mass is 223 g/mol. The molecule has 0 aromatic heterocycles. The minimum Gasteiger partial charge on any atom is -0.387 e. The molecule has 0 spiro atoms. The van der Waals surface area contributed by atoms with Crippen LogP contribution in [0.5, 0.6) is 0 Å². The predicted molar refractivity (Wildman–Crippen MR) is 67.9 cm³/mol. The van der Waals surface area contributed by atoms with Crippen LogP contribution < -0.4 is 0 Å². The van der Waals surface area contributed by atoms with E-state index in [1.54, 1.807) is 0 Å². The molecule has 3 rings (SSSR count). The lowest BCUT2D eigenvalue weighted by Gasteiger charge is -2.16. The molecule has 0 N–H and O–H groups in total. The van der Waals surface area contributed by atoms with Crippen molar-refractivity contribution in [3.8, 4) is 0 Å². The minimum atomic E-state index is -0.00130. The zero-order valence-corrected chi connectivity index (χ0v) is 9.36. The van der Waals surface area contributed by atoms with Gasteiger partial charge in [0.05, 0.1) is 12.1 Å². The van der Waals surface area contributed by atoms with Crippen molar-refractivity contribution in [3.05, 3.63) is 71.8 Å². The average Bonchev–Trinajstić information content (AvgIpc) is 2.90. The Kier molecular flexibility index (Phi) is 2.62. The van der Waals surface area contributed by atoms with Gasteiger partial charge in [-0.1, -0.05) is 65.8 Å². The van der Waals surface area contributed by atoms with E-state index in [4.69, 9.17) is 4.84 Å². The number of oxime groups is 1. The van der Waals surface area contributed by atoms with E-state index in [1.807, 2.05) is 42.6 Å². The Bertz CT molecular complexity index is 507. The highest BCUT2D eigenvalue weighted by Crippen LogP contribution is 2.36. The van der Waals surface area contributed by atoms with Gasteiger partial charge >= 0.3 is 0 Å². The van der Waals surface area contributed by atoms with Crippen LogP contribution >= 0.6 is 0 Å². The van der Waals surface area contributed by atoms with Crippen molar-refractivity contribution in [1.29, 1.82) is 0 Å². The molecular weight excluding hydrogens is 210 g/mol. The van der Waals surface area contributed by atoms with E-state index in [-0.39, 0.29) is 12.0 Å². The molecule has 2 nitrogen and oxygen atoms in total. The van der Waals surface area contributed by atoms with E-state index in [2.05, 4.69) is 29.4 Å². The van der Waals surface area contributed by atoms with Gasteiger partial charge in [0.25, 0.3) is 0 Å². The van der Waals surface area contributed by atoms with E-state index in [0.29, 0.717) is 0 Å². The highest BCUT2D eigenvalue weighted by atomic mass is 16.6. The minimum absolute atomic E-state index is 0.00130. The topological polar surface area (TPSA) is 21.6 Å². The van der Waals surface area contributed by atoms with Crippen molar-refractivity contribution in [3.63, 3.8) is 0 Å². The van der Waals surface area contributed by atoms with E-state index in [9.17, 15) is 0 Å². The Hall–Kier alpha value is -2.09. The third-order valence-corrected chi connectivity index (χ3v) is 3.03. The first kappa shape index (κ1) is 10.1. The Morgan fingerprint density at radius 1 is 0.765 bits per heavy atom. The summed E-state index contributed by atoms with van der Waals surface area (Å²) in [6.07, 6.45) is 1.88. The Balaban J connectivity index is 1.93. The van der Waals surface area contributed by atoms with E-state index < -0.39 is 0 Å².